The van der Waals surface area contributed by atoms with E-state index in [1.54, 1.807) is 17.0 Å². The molecular formula is C20H19FIN3O2S. The molecule has 1 atom stereocenters. The minimum atomic E-state index is -0.679. The van der Waals surface area contributed by atoms with Crippen LogP contribution in [0.3, 0.4) is 0 Å². The molecule has 1 fully saturated rings. The smallest absolute Gasteiger partial charge is 0.252 e. The highest BCUT2D eigenvalue weighted by Crippen LogP contribution is 2.24. The summed E-state index contributed by atoms with van der Waals surface area (Å²) in [7, 11) is 0. The van der Waals surface area contributed by atoms with Gasteiger partial charge in [0.25, 0.3) is 5.91 Å². The fourth-order valence-corrected chi connectivity index (χ4v) is 3.84. The predicted octanol–water partition coefficient (Wildman–Crippen LogP) is 3.78. The van der Waals surface area contributed by atoms with Crippen LogP contribution in [0.1, 0.15) is 18.9 Å². The van der Waals surface area contributed by atoms with Crippen molar-refractivity contribution in [2.45, 2.75) is 25.9 Å². The standard InChI is InChI=1S/C20H19FIN3O2S/c1-2-24-19(27)17(11-18(26)23-16-9-7-15(22)8-10-16)25(20(24)28)12-13-3-5-14(21)6-4-13/h3-10,17H,2,11-12H2,1H3,(H,23,26). The molecule has 5 nitrogen and oxygen atoms in total. The van der Waals surface area contributed by atoms with Crippen molar-refractivity contribution in [3.8, 4) is 0 Å². The molecule has 28 heavy (non-hydrogen) atoms. The molecule has 0 bridgehead atoms. The van der Waals surface area contributed by atoms with Gasteiger partial charge in [-0.15, -0.1) is 0 Å². The molecule has 8 heteroatoms. The quantitative estimate of drug-likeness (QED) is 0.474. The lowest BCUT2D eigenvalue weighted by atomic mass is 10.1. The summed E-state index contributed by atoms with van der Waals surface area (Å²) in [5.41, 5.74) is 1.49. The van der Waals surface area contributed by atoms with Gasteiger partial charge in [0, 0.05) is 22.3 Å². The molecule has 3 rings (SSSR count). The number of hydrogen-bond acceptors (Lipinski definition) is 3. The van der Waals surface area contributed by atoms with Gasteiger partial charge in [0.1, 0.15) is 11.9 Å². The van der Waals surface area contributed by atoms with Crippen molar-refractivity contribution in [3.63, 3.8) is 0 Å². The number of thiocarbonyl (C=S) groups is 1. The minimum absolute atomic E-state index is 0.0113. The van der Waals surface area contributed by atoms with Gasteiger partial charge in [0.05, 0.1) is 6.42 Å². The summed E-state index contributed by atoms with van der Waals surface area (Å²) in [6, 6.07) is 12.8. The molecule has 0 aromatic heterocycles. The number of anilines is 1. The Kier molecular flexibility index (Phi) is 6.61. The molecule has 1 unspecified atom stereocenters. The molecule has 1 N–H and O–H groups in total. The molecule has 1 aliphatic heterocycles. The number of benzene rings is 2. The monoisotopic (exact) mass is 511 g/mol. The van der Waals surface area contributed by atoms with Crippen LogP contribution in [0.4, 0.5) is 10.1 Å². The maximum atomic E-state index is 13.2. The third kappa shape index (κ3) is 4.67. The van der Waals surface area contributed by atoms with Gasteiger partial charge in [0.15, 0.2) is 5.11 Å². The number of halogens is 2. The van der Waals surface area contributed by atoms with E-state index < -0.39 is 6.04 Å². The third-order valence-corrected chi connectivity index (χ3v) is 5.67. The molecule has 1 heterocycles. The van der Waals surface area contributed by atoms with Gasteiger partial charge >= 0.3 is 0 Å². The van der Waals surface area contributed by atoms with Crippen molar-refractivity contribution in [3.05, 3.63) is 63.5 Å². The Bertz CT molecular complexity index is 889. The zero-order valence-corrected chi connectivity index (χ0v) is 18.2. The lowest BCUT2D eigenvalue weighted by Crippen LogP contribution is -2.37. The maximum absolute atomic E-state index is 13.2. The van der Waals surface area contributed by atoms with Crippen molar-refractivity contribution >= 4 is 57.4 Å². The first-order chi connectivity index (χ1) is 13.4. The summed E-state index contributed by atoms with van der Waals surface area (Å²) in [6.45, 7) is 2.62. The van der Waals surface area contributed by atoms with E-state index in [1.165, 1.54) is 17.0 Å². The Balaban J connectivity index is 1.75. The highest BCUT2D eigenvalue weighted by atomic mass is 127. The number of nitrogens with one attached hydrogen (secondary N) is 1. The van der Waals surface area contributed by atoms with Crippen LogP contribution in [0, 0.1) is 9.39 Å². The van der Waals surface area contributed by atoms with Crippen molar-refractivity contribution in [2.75, 3.05) is 11.9 Å². The van der Waals surface area contributed by atoms with Crippen LogP contribution in [0.5, 0.6) is 0 Å². The molecular weight excluding hydrogens is 492 g/mol. The molecule has 2 amide bonds. The number of likely N-dealkylation sites (N-methyl/N-ethyl adjacent to an activating group) is 1. The second-order valence-corrected chi connectivity index (χ2v) is 8.01. The molecule has 2 aromatic carbocycles. The average molecular weight is 511 g/mol. The second kappa shape index (κ2) is 8.95. The first-order valence-corrected chi connectivity index (χ1v) is 10.3. The van der Waals surface area contributed by atoms with Crippen LogP contribution < -0.4 is 5.32 Å². The average Bonchev–Trinajstić information content (AvgIpc) is 2.89. The molecule has 146 valence electrons. The topological polar surface area (TPSA) is 52.7 Å². The van der Waals surface area contributed by atoms with Crippen LogP contribution in [0.25, 0.3) is 0 Å². The predicted molar refractivity (Wildman–Crippen MR) is 118 cm³/mol. The largest absolute Gasteiger partial charge is 0.332 e. The summed E-state index contributed by atoms with van der Waals surface area (Å²) in [6.07, 6.45) is -0.0113. The normalized spacial score (nSPS) is 16.6. The van der Waals surface area contributed by atoms with Crippen molar-refractivity contribution < 1.29 is 14.0 Å². The number of amides is 2. The number of carbonyl (C=O) groups is 2. The Morgan fingerprint density at radius 2 is 1.82 bits per heavy atom. The lowest BCUT2D eigenvalue weighted by Gasteiger charge is -2.24. The van der Waals surface area contributed by atoms with E-state index in [4.69, 9.17) is 12.2 Å². The van der Waals surface area contributed by atoms with Gasteiger partial charge in [-0.3, -0.25) is 14.5 Å². The fraction of sp³-hybridized carbons (Fsp3) is 0.250. The van der Waals surface area contributed by atoms with Gasteiger partial charge in [-0.25, -0.2) is 4.39 Å². The molecule has 0 radical (unpaired) electrons. The zero-order valence-electron chi connectivity index (χ0n) is 15.2. The first kappa shape index (κ1) is 20.7. The summed E-state index contributed by atoms with van der Waals surface area (Å²) in [5.74, 6) is -0.774. The van der Waals surface area contributed by atoms with E-state index in [0.29, 0.717) is 23.9 Å². The molecule has 0 saturated carbocycles. The maximum Gasteiger partial charge on any atom is 0.252 e. The Labute approximate surface area is 182 Å². The fourth-order valence-electron chi connectivity index (χ4n) is 3.07. The number of nitrogens with zero attached hydrogens (tertiary/aromatic N) is 2. The molecule has 2 aromatic rings. The second-order valence-electron chi connectivity index (χ2n) is 6.39. The lowest BCUT2D eigenvalue weighted by molar-refractivity contribution is -0.130. The summed E-state index contributed by atoms with van der Waals surface area (Å²) in [4.78, 5) is 28.6. The van der Waals surface area contributed by atoms with E-state index in [-0.39, 0.29) is 24.1 Å². The zero-order chi connectivity index (χ0) is 20.3. The Morgan fingerprint density at radius 1 is 1.18 bits per heavy atom. The summed E-state index contributed by atoms with van der Waals surface area (Å²) >= 11 is 7.65. The summed E-state index contributed by atoms with van der Waals surface area (Å²) < 4.78 is 14.2. The van der Waals surface area contributed by atoms with E-state index in [1.807, 2.05) is 31.2 Å². The molecule has 1 saturated heterocycles. The van der Waals surface area contributed by atoms with E-state index in [9.17, 15) is 14.0 Å². The Hall–Kier alpha value is -2.07. The van der Waals surface area contributed by atoms with Crippen LogP contribution in [0.2, 0.25) is 0 Å². The van der Waals surface area contributed by atoms with E-state index >= 15 is 0 Å². The van der Waals surface area contributed by atoms with Gasteiger partial charge in [-0.2, -0.15) is 0 Å². The van der Waals surface area contributed by atoms with E-state index in [0.717, 1.165) is 9.13 Å². The van der Waals surface area contributed by atoms with Crippen LogP contribution in [0.15, 0.2) is 48.5 Å². The number of hydrogen-bond donors (Lipinski definition) is 1. The summed E-state index contributed by atoms with van der Waals surface area (Å²) in [5, 5.41) is 3.22. The van der Waals surface area contributed by atoms with Gasteiger partial charge in [0.2, 0.25) is 5.91 Å². The number of rotatable bonds is 6. The molecule has 1 aliphatic rings. The van der Waals surface area contributed by atoms with Gasteiger partial charge < -0.3 is 10.2 Å². The Morgan fingerprint density at radius 3 is 2.43 bits per heavy atom. The van der Waals surface area contributed by atoms with E-state index in [2.05, 4.69) is 27.9 Å². The minimum Gasteiger partial charge on any atom is -0.332 e. The highest BCUT2D eigenvalue weighted by Gasteiger charge is 2.42. The van der Waals surface area contributed by atoms with Crippen molar-refractivity contribution in [1.29, 1.82) is 0 Å². The van der Waals surface area contributed by atoms with Crippen LogP contribution in [-0.4, -0.2) is 39.3 Å². The van der Waals surface area contributed by atoms with Crippen molar-refractivity contribution in [1.82, 2.24) is 9.80 Å². The molecule has 0 aliphatic carbocycles. The van der Waals surface area contributed by atoms with Gasteiger partial charge in [-0.05, 0) is 83.7 Å². The SMILES string of the molecule is CCN1C(=O)C(CC(=O)Nc2ccc(I)cc2)N(Cc2ccc(F)cc2)C1=S. The molecule has 0 spiro atoms. The van der Waals surface area contributed by atoms with Gasteiger partial charge in [-0.1, -0.05) is 12.1 Å². The third-order valence-electron chi connectivity index (χ3n) is 4.49. The van der Waals surface area contributed by atoms with Crippen LogP contribution in [-0.2, 0) is 16.1 Å². The highest BCUT2D eigenvalue weighted by molar-refractivity contribution is 14.1. The van der Waals surface area contributed by atoms with Crippen LogP contribution >= 0.6 is 34.8 Å². The first-order valence-electron chi connectivity index (χ1n) is 8.81. The number of carbonyl (C=O) groups excluding carboxylic acids is 2. The van der Waals surface area contributed by atoms with Crippen molar-refractivity contribution in [2.24, 2.45) is 0 Å².